The summed E-state index contributed by atoms with van der Waals surface area (Å²) in [6, 6.07) is 20.2. The van der Waals surface area contributed by atoms with Gasteiger partial charge in [-0.15, -0.1) is 11.3 Å². The number of para-hydroxylation sites is 1. The van der Waals surface area contributed by atoms with E-state index in [4.69, 9.17) is 0 Å². The second kappa shape index (κ2) is 8.19. The third kappa shape index (κ3) is 4.09. The van der Waals surface area contributed by atoms with Gasteiger partial charge in [0.2, 0.25) is 0 Å². The van der Waals surface area contributed by atoms with Gasteiger partial charge in [0.25, 0.3) is 5.91 Å². The Bertz CT molecular complexity index is 1140. The minimum Gasteiger partial charge on any atom is -0.347 e. The number of nitrogens with one attached hydrogen (secondary N) is 1. The molecule has 4 aromatic rings. The molecule has 6 heteroatoms. The zero-order chi connectivity index (χ0) is 20.4. The molecular formula is C23H24N4OS. The maximum Gasteiger partial charge on any atom is 0.261 e. The lowest BCUT2D eigenvalue weighted by Gasteiger charge is -2.14. The SMILES string of the molecule is Cc1nn(-c2ccccc2)c2sc(C(=O)NCc3ccccc3CN(C)C)cc12. The van der Waals surface area contributed by atoms with Gasteiger partial charge in [-0.3, -0.25) is 4.79 Å². The smallest absolute Gasteiger partial charge is 0.261 e. The highest BCUT2D eigenvalue weighted by atomic mass is 32.1. The predicted molar refractivity (Wildman–Crippen MR) is 119 cm³/mol. The largest absolute Gasteiger partial charge is 0.347 e. The van der Waals surface area contributed by atoms with E-state index in [-0.39, 0.29) is 5.91 Å². The lowest BCUT2D eigenvalue weighted by Crippen LogP contribution is -2.23. The summed E-state index contributed by atoms with van der Waals surface area (Å²) >= 11 is 1.48. The van der Waals surface area contributed by atoms with Crippen molar-refractivity contribution in [2.45, 2.75) is 20.0 Å². The van der Waals surface area contributed by atoms with Gasteiger partial charge in [0.15, 0.2) is 0 Å². The van der Waals surface area contributed by atoms with E-state index in [1.807, 2.05) is 74.2 Å². The number of hydrogen-bond donors (Lipinski definition) is 1. The van der Waals surface area contributed by atoms with Gasteiger partial charge >= 0.3 is 0 Å². The Hall–Kier alpha value is -2.96. The number of aryl methyl sites for hydroxylation is 1. The molecule has 2 heterocycles. The Morgan fingerprint density at radius 1 is 1.07 bits per heavy atom. The van der Waals surface area contributed by atoms with Gasteiger partial charge in [0.05, 0.1) is 16.3 Å². The van der Waals surface area contributed by atoms with Crippen LogP contribution in [-0.4, -0.2) is 34.7 Å². The molecular weight excluding hydrogens is 380 g/mol. The molecule has 0 saturated carbocycles. The number of hydrogen-bond acceptors (Lipinski definition) is 4. The van der Waals surface area contributed by atoms with Crippen LogP contribution in [0.2, 0.25) is 0 Å². The van der Waals surface area contributed by atoms with Crippen molar-refractivity contribution in [1.29, 1.82) is 0 Å². The zero-order valence-corrected chi connectivity index (χ0v) is 17.7. The Kier molecular flexibility index (Phi) is 5.47. The van der Waals surface area contributed by atoms with Crippen LogP contribution in [0.4, 0.5) is 0 Å². The van der Waals surface area contributed by atoms with Gasteiger partial charge in [0, 0.05) is 18.5 Å². The Morgan fingerprint density at radius 2 is 1.76 bits per heavy atom. The summed E-state index contributed by atoms with van der Waals surface area (Å²) in [6.45, 7) is 3.34. The molecule has 1 amide bonds. The van der Waals surface area contributed by atoms with E-state index < -0.39 is 0 Å². The summed E-state index contributed by atoms with van der Waals surface area (Å²) in [5, 5.41) is 8.75. The van der Waals surface area contributed by atoms with E-state index in [1.54, 1.807) is 0 Å². The first kappa shape index (κ1) is 19.4. The third-order valence-corrected chi connectivity index (χ3v) is 5.92. The molecule has 0 saturated heterocycles. The number of amides is 1. The van der Waals surface area contributed by atoms with Crippen LogP contribution >= 0.6 is 11.3 Å². The van der Waals surface area contributed by atoms with Crippen LogP contribution in [0.25, 0.3) is 15.9 Å². The summed E-state index contributed by atoms with van der Waals surface area (Å²) in [5.41, 5.74) is 4.29. The maximum atomic E-state index is 12.8. The molecule has 0 aliphatic heterocycles. The number of rotatable bonds is 6. The first-order chi connectivity index (χ1) is 14.0. The average Bonchev–Trinajstić information content (AvgIpc) is 3.28. The number of carbonyl (C=O) groups excluding carboxylic acids is 1. The van der Waals surface area contributed by atoms with Gasteiger partial charge in [-0.25, -0.2) is 4.68 Å². The van der Waals surface area contributed by atoms with E-state index in [9.17, 15) is 4.79 Å². The highest BCUT2D eigenvalue weighted by Crippen LogP contribution is 2.30. The highest BCUT2D eigenvalue weighted by Gasteiger charge is 2.17. The monoisotopic (exact) mass is 404 g/mol. The second-order valence-corrected chi connectivity index (χ2v) is 8.38. The van der Waals surface area contributed by atoms with Crippen molar-refractivity contribution < 1.29 is 4.79 Å². The van der Waals surface area contributed by atoms with Gasteiger partial charge < -0.3 is 10.2 Å². The zero-order valence-electron chi connectivity index (χ0n) is 16.8. The standard InChI is InChI=1S/C23H24N4OS/c1-16-20-13-21(29-23(20)27(25-16)19-11-5-4-6-12-19)22(28)24-14-17-9-7-8-10-18(17)15-26(2)3/h4-13H,14-15H2,1-3H3,(H,24,28). The van der Waals surface area contributed by atoms with Crippen LogP contribution in [0.5, 0.6) is 0 Å². The molecule has 148 valence electrons. The fraction of sp³-hybridized carbons (Fsp3) is 0.217. The number of thiophene rings is 1. The molecule has 4 rings (SSSR count). The van der Waals surface area contributed by atoms with Crippen LogP contribution in [0.15, 0.2) is 60.7 Å². The summed E-state index contributed by atoms with van der Waals surface area (Å²) in [5.74, 6) is -0.0510. The molecule has 0 spiro atoms. The Balaban J connectivity index is 1.56. The van der Waals surface area contributed by atoms with Crippen molar-refractivity contribution >= 4 is 27.5 Å². The molecule has 0 aliphatic rings. The van der Waals surface area contributed by atoms with Crippen molar-refractivity contribution in [2.75, 3.05) is 14.1 Å². The Labute approximate surface area is 174 Å². The van der Waals surface area contributed by atoms with Crippen LogP contribution in [-0.2, 0) is 13.1 Å². The van der Waals surface area contributed by atoms with Crippen molar-refractivity contribution in [3.63, 3.8) is 0 Å². The third-order valence-electron chi connectivity index (χ3n) is 4.81. The first-order valence-corrected chi connectivity index (χ1v) is 10.4. The molecule has 2 aromatic carbocycles. The summed E-state index contributed by atoms with van der Waals surface area (Å²) in [6.07, 6.45) is 0. The molecule has 0 fully saturated rings. The van der Waals surface area contributed by atoms with Gasteiger partial charge in [-0.2, -0.15) is 5.10 Å². The van der Waals surface area contributed by atoms with Crippen LogP contribution < -0.4 is 5.32 Å². The summed E-state index contributed by atoms with van der Waals surface area (Å²) in [4.78, 5) is 16.7. The number of aromatic nitrogens is 2. The van der Waals surface area contributed by atoms with Gasteiger partial charge in [0.1, 0.15) is 4.83 Å². The fourth-order valence-electron chi connectivity index (χ4n) is 3.39. The lowest BCUT2D eigenvalue weighted by molar-refractivity contribution is 0.0955. The number of carbonyl (C=O) groups is 1. The minimum absolute atomic E-state index is 0.0510. The van der Waals surface area contributed by atoms with E-state index in [0.29, 0.717) is 11.4 Å². The molecule has 2 aromatic heterocycles. The van der Waals surface area contributed by atoms with E-state index in [1.165, 1.54) is 16.9 Å². The predicted octanol–water partition coefficient (Wildman–Crippen LogP) is 4.39. The maximum absolute atomic E-state index is 12.8. The average molecular weight is 405 g/mol. The first-order valence-electron chi connectivity index (χ1n) is 9.57. The number of fused-ring (bicyclic) bond motifs is 1. The molecule has 0 aliphatic carbocycles. The summed E-state index contributed by atoms with van der Waals surface area (Å²) < 4.78 is 1.92. The fourth-order valence-corrected chi connectivity index (χ4v) is 4.49. The van der Waals surface area contributed by atoms with Crippen LogP contribution in [0, 0.1) is 6.92 Å². The van der Waals surface area contributed by atoms with Gasteiger partial charge in [-0.1, -0.05) is 42.5 Å². The van der Waals surface area contributed by atoms with E-state index in [2.05, 4.69) is 27.4 Å². The van der Waals surface area contributed by atoms with Crippen molar-refractivity contribution in [1.82, 2.24) is 20.0 Å². The molecule has 0 bridgehead atoms. The highest BCUT2D eigenvalue weighted by molar-refractivity contribution is 7.20. The topological polar surface area (TPSA) is 50.2 Å². The molecule has 0 radical (unpaired) electrons. The lowest BCUT2D eigenvalue weighted by atomic mass is 10.1. The number of benzene rings is 2. The summed E-state index contributed by atoms with van der Waals surface area (Å²) in [7, 11) is 4.09. The minimum atomic E-state index is -0.0510. The van der Waals surface area contributed by atoms with Crippen LogP contribution in [0.3, 0.4) is 0 Å². The van der Waals surface area contributed by atoms with E-state index in [0.717, 1.165) is 33.7 Å². The van der Waals surface area contributed by atoms with Crippen molar-refractivity contribution in [3.05, 3.63) is 82.4 Å². The second-order valence-electron chi connectivity index (χ2n) is 7.35. The quantitative estimate of drug-likeness (QED) is 0.519. The Morgan fingerprint density at radius 3 is 2.48 bits per heavy atom. The normalized spacial score (nSPS) is 11.3. The molecule has 5 nitrogen and oxygen atoms in total. The molecule has 0 unspecified atom stereocenters. The molecule has 1 N–H and O–H groups in total. The van der Waals surface area contributed by atoms with Crippen molar-refractivity contribution in [3.8, 4) is 5.69 Å². The molecule has 0 atom stereocenters. The van der Waals surface area contributed by atoms with E-state index >= 15 is 0 Å². The molecule has 29 heavy (non-hydrogen) atoms. The van der Waals surface area contributed by atoms with Crippen molar-refractivity contribution in [2.24, 2.45) is 0 Å². The number of nitrogens with zero attached hydrogens (tertiary/aromatic N) is 3. The van der Waals surface area contributed by atoms with Crippen LogP contribution in [0.1, 0.15) is 26.5 Å². The van der Waals surface area contributed by atoms with Gasteiger partial charge in [-0.05, 0) is 50.3 Å².